The van der Waals surface area contributed by atoms with Crippen molar-refractivity contribution >= 4 is 5.82 Å². The van der Waals surface area contributed by atoms with Gasteiger partial charge in [-0.25, -0.2) is 9.97 Å². The standard InChI is InChI=1S/C12H19N3/c1-7(2)9-5-10(13)15-11(14-9)8-6-12(8,3)4/h5,7-8H,6H2,1-4H3,(H2,13,14,15). The smallest absolute Gasteiger partial charge is 0.134 e. The average molecular weight is 205 g/mol. The highest BCUT2D eigenvalue weighted by Gasteiger charge is 2.48. The second kappa shape index (κ2) is 3.19. The summed E-state index contributed by atoms with van der Waals surface area (Å²) in [6, 6.07) is 1.88. The molecule has 1 aromatic rings. The van der Waals surface area contributed by atoms with Crippen LogP contribution in [0.3, 0.4) is 0 Å². The monoisotopic (exact) mass is 205 g/mol. The third-order valence-electron chi connectivity index (χ3n) is 3.20. The van der Waals surface area contributed by atoms with Crippen molar-refractivity contribution in [1.29, 1.82) is 0 Å². The van der Waals surface area contributed by atoms with Crippen molar-refractivity contribution < 1.29 is 0 Å². The lowest BCUT2D eigenvalue weighted by Gasteiger charge is -2.09. The van der Waals surface area contributed by atoms with Crippen LogP contribution in [0.15, 0.2) is 6.07 Å². The maximum absolute atomic E-state index is 5.80. The molecule has 1 heterocycles. The van der Waals surface area contributed by atoms with E-state index >= 15 is 0 Å². The molecule has 1 unspecified atom stereocenters. The number of nitrogens with zero attached hydrogens (tertiary/aromatic N) is 2. The number of hydrogen-bond donors (Lipinski definition) is 1. The van der Waals surface area contributed by atoms with Gasteiger partial charge in [0.2, 0.25) is 0 Å². The van der Waals surface area contributed by atoms with E-state index in [1.807, 2.05) is 6.07 Å². The molecule has 0 aromatic carbocycles. The Morgan fingerprint density at radius 3 is 2.47 bits per heavy atom. The van der Waals surface area contributed by atoms with Crippen LogP contribution in [-0.2, 0) is 0 Å². The fourth-order valence-electron chi connectivity index (χ4n) is 1.87. The van der Waals surface area contributed by atoms with Gasteiger partial charge in [0.15, 0.2) is 0 Å². The molecule has 0 spiro atoms. The zero-order chi connectivity index (χ0) is 11.2. The molecular formula is C12H19N3. The second-order valence-corrected chi connectivity index (χ2v) is 5.48. The summed E-state index contributed by atoms with van der Waals surface area (Å²) in [7, 11) is 0. The first-order valence-electron chi connectivity index (χ1n) is 5.54. The molecule has 1 saturated carbocycles. The summed E-state index contributed by atoms with van der Waals surface area (Å²) in [5.74, 6) is 2.45. The minimum absolute atomic E-state index is 0.363. The van der Waals surface area contributed by atoms with E-state index in [4.69, 9.17) is 5.73 Å². The highest BCUT2D eigenvalue weighted by atomic mass is 15.0. The molecule has 15 heavy (non-hydrogen) atoms. The van der Waals surface area contributed by atoms with E-state index in [1.54, 1.807) is 0 Å². The van der Waals surface area contributed by atoms with Crippen LogP contribution >= 0.6 is 0 Å². The first-order chi connectivity index (χ1) is 6.90. The molecule has 0 amide bonds. The van der Waals surface area contributed by atoms with Crippen molar-refractivity contribution in [2.75, 3.05) is 5.73 Å². The molecule has 1 aromatic heterocycles. The first kappa shape index (κ1) is 10.4. The highest BCUT2D eigenvalue weighted by Crippen LogP contribution is 2.57. The predicted molar refractivity (Wildman–Crippen MR) is 61.7 cm³/mol. The summed E-state index contributed by atoms with van der Waals surface area (Å²) >= 11 is 0. The SMILES string of the molecule is CC(C)c1cc(N)nc(C2CC2(C)C)n1. The Labute approximate surface area is 91.1 Å². The summed E-state index contributed by atoms with van der Waals surface area (Å²) in [6.07, 6.45) is 1.17. The molecule has 1 atom stereocenters. The lowest BCUT2D eigenvalue weighted by Crippen LogP contribution is -2.05. The van der Waals surface area contributed by atoms with Crippen molar-refractivity contribution in [2.45, 2.75) is 46.0 Å². The van der Waals surface area contributed by atoms with Gasteiger partial charge in [-0.2, -0.15) is 0 Å². The molecular weight excluding hydrogens is 186 g/mol. The molecule has 2 rings (SSSR count). The van der Waals surface area contributed by atoms with E-state index in [2.05, 4.69) is 37.7 Å². The van der Waals surface area contributed by atoms with E-state index < -0.39 is 0 Å². The number of nitrogen functional groups attached to an aromatic ring is 1. The molecule has 0 bridgehead atoms. The zero-order valence-electron chi connectivity index (χ0n) is 9.91. The molecule has 3 nitrogen and oxygen atoms in total. The molecule has 0 aliphatic heterocycles. The fraction of sp³-hybridized carbons (Fsp3) is 0.667. The van der Waals surface area contributed by atoms with E-state index in [0.29, 0.717) is 23.1 Å². The van der Waals surface area contributed by atoms with Crippen molar-refractivity contribution in [2.24, 2.45) is 5.41 Å². The van der Waals surface area contributed by atoms with Gasteiger partial charge in [-0.05, 0) is 17.8 Å². The first-order valence-corrected chi connectivity index (χ1v) is 5.54. The number of anilines is 1. The van der Waals surface area contributed by atoms with Gasteiger partial charge in [-0.1, -0.05) is 27.7 Å². The minimum atomic E-state index is 0.363. The van der Waals surface area contributed by atoms with Gasteiger partial charge < -0.3 is 5.73 Å². The second-order valence-electron chi connectivity index (χ2n) is 5.48. The Morgan fingerprint density at radius 1 is 1.40 bits per heavy atom. The summed E-state index contributed by atoms with van der Waals surface area (Å²) in [6.45, 7) is 8.76. The summed E-state index contributed by atoms with van der Waals surface area (Å²) in [4.78, 5) is 8.94. The quantitative estimate of drug-likeness (QED) is 0.807. The molecule has 0 radical (unpaired) electrons. The molecule has 1 fully saturated rings. The van der Waals surface area contributed by atoms with Gasteiger partial charge >= 0.3 is 0 Å². The molecule has 2 N–H and O–H groups in total. The van der Waals surface area contributed by atoms with Gasteiger partial charge in [0, 0.05) is 17.7 Å². The van der Waals surface area contributed by atoms with E-state index in [0.717, 1.165) is 11.5 Å². The Bertz CT molecular complexity index is 382. The van der Waals surface area contributed by atoms with Crippen molar-refractivity contribution in [1.82, 2.24) is 9.97 Å². The van der Waals surface area contributed by atoms with E-state index in [1.165, 1.54) is 6.42 Å². The number of aromatic nitrogens is 2. The predicted octanol–water partition coefficient (Wildman–Crippen LogP) is 2.70. The summed E-state index contributed by atoms with van der Waals surface area (Å²) in [5.41, 5.74) is 7.22. The lowest BCUT2D eigenvalue weighted by molar-refractivity contribution is 0.605. The third-order valence-corrected chi connectivity index (χ3v) is 3.20. The number of nitrogens with two attached hydrogens (primary N) is 1. The van der Waals surface area contributed by atoms with Gasteiger partial charge in [0.05, 0.1) is 0 Å². The van der Waals surface area contributed by atoms with Crippen LogP contribution in [0, 0.1) is 5.41 Å². The number of hydrogen-bond acceptors (Lipinski definition) is 3. The normalized spacial score (nSPS) is 23.1. The molecule has 1 aliphatic carbocycles. The molecule has 3 heteroatoms. The maximum atomic E-state index is 5.80. The van der Waals surface area contributed by atoms with Crippen LogP contribution in [0.2, 0.25) is 0 Å². The largest absolute Gasteiger partial charge is 0.384 e. The van der Waals surface area contributed by atoms with Crippen LogP contribution in [0.5, 0.6) is 0 Å². The van der Waals surface area contributed by atoms with Crippen LogP contribution < -0.4 is 5.73 Å². The topological polar surface area (TPSA) is 51.8 Å². The van der Waals surface area contributed by atoms with Gasteiger partial charge in [0.1, 0.15) is 11.6 Å². The van der Waals surface area contributed by atoms with Crippen LogP contribution in [0.1, 0.15) is 57.5 Å². The Kier molecular flexibility index (Phi) is 2.21. The highest BCUT2D eigenvalue weighted by molar-refractivity contribution is 5.33. The van der Waals surface area contributed by atoms with Gasteiger partial charge in [0.25, 0.3) is 0 Å². The van der Waals surface area contributed by atoms with Crippen molar-refractivity contribution in [3.8, 4) is 0 Å². The zero-order valence-corrected chi connectivity index (χ0v) is 9.91. The van der Waals surface area contributed by atoms with E-state index in [-0.39, 0.29) is 0 Å². The third kappa shape index (κ3) is 1.96. The lowest BCUT2D eigenvalue weighted by atomic mass is 10.1. The van der Waals surface area contributed by atoms with Crippen molar-refractivity contribution in [3.05, 3.63) is 17.6 Å². The molecule has 0 saturated heterocycles. The van der Waals surface area contributed by atoms with Crippen molar-refractivity contribution in [3.63, 3.8) is 0 Å². The average Bonchev–Trinajstić information content (AvgIpc) is 2.74. The number of rotatable bonds is 2. The Hall–Kier alpha value is -1.12. The summed E-state index contributed by atoms with van der Waals surface area (Å²) < 4.78 is 0. The van der Waals surface area contributed by atoms with Crippen LogP contribution in [-0.4, -0.2) is 9.97 Å². The van der Waals surface area contributed by atoms with Crippen LogP contribution in [0.4, 0.5) is 5.82 Å². The van der Waals surface area contributed by atoms with Gasteiger partial charge in [-0.15, -0.1) is 0 Å². The Morgan fingerprint density at radius 2 is 2.00 bits per heavy atom. The molecule has 1 aliphatic rings. The van der Waals surface area contributed by atoms with Gasteiger partial charge in [-0.3, -0.25) is 0 Å². The summed E-state index contributed by atoms with van der Waals surface area (Å²) in [5, 5.41) is 0. The fourth-order valence-corrected chi connectivity index (χ4v) is 1.87. The van der Waals surface area contributed by atoms with E-state index in [9.17, 15) is 0 Å². The minimum Gasteiger partial charge on any atom is -0.384 e. The molecule has 82 valence electrons. The Balaban J connectivity index is 2.33. The maximum Gasteiger partial charge on any atom is 0.134 e. The van der Waals surface area contributed by atoms with Crippen LogP contribution in [0.25, 0.3) is 0 Å².